The van der Waals surface area contributed by atoms with Gasteiger partial charge in [-0.1, -0.05) is 28.9 Å². The average molecular weight is 373 g/mol. The molecule has 0 bridgehead atoms. The van der Waals surface area contributed by atoms with Crippen LogP contribution in [0.3, 0.4) is 0 Å². The van der Waals surface area contributed by atoms with E-state index in [1.165, 1.54) is 0 Å². The normalized spacial score (nSPS) is 14.5. The Hall–Kier alpha value is -2.87. The molecule has 0 spiro atoms. The molecule has 1 aliphatic heterocycles. The van der Waals surface area contributed by atoms with E-state index in [1.807, 2.05) is 24.3 Å². The maximum atomic E-state index is 6.02. The molecule has 134 valence electrons. The second-order valence-corrected chi connectivity index (χ2v) is 6.24. The van der Waals surface area contributed by atoms with E-state index < -0.39 is 0 Å². The molecule has 1 fully saturated rings. The highest BCUT2D eigenvalue weighted by Gasteiger charge is 2.23. The van der Waals surface area contributed by atoms with Crippen LogP contribution >= 0.6 is 11.6 Å². The molecule has 3 heterocycles. The molecule has 2 aromatic heterocycles. The molecule has 0 radical (unpaired) electrons. The number of nitrogens with zero attached hydrogens (tertiary/aromatic N) is 6. The highest BCUT2D eigenvalue weighted by Crippen LogP contribution is 2.24. The maximum Gasteiger partial charge on any atom is 0.324 e. The summed E-state index contributed by atoms with van der Waals surface area (Å²) < 4.78 is 10.6. The fourth-order valence-corrected chi connectivity index (χ4v) is 2.99. The number of benzene rings is 1. The summed E-state index contributed by atoms with van der Waals surface area (Å²) in [6.07, 6.45) is 3.33. The quantitative estimate of drug-likeness (QED) is 0.691. The minimum atomic E-state index is 0.507. The molecule has 0 unspecified atom stereocenters. The Morgan fingerprint density at radius 1 is 1.08 bits per heavy atom. The summed E-state index contributed by atoms with van der Waals surface area (Å²) in [5, 5.41) is 4.70. The molecule has 9 heteroatoms. The van der Waals surface area contributed by atoms with Gasteiger partial charge in [0.2, 0.25) is 11.7 Å². The first-order valence-electron chi connectivity index (χ1n) is 8.18. The molecule has 8 nitrogen and oxygen atoms in total. The van der Waals surface area contributed by atoms with Crippen molar-refractivity contribution in [3.05, 3.63) is 41.7 Å². The monoisotopic (exact) mass is 372 g/mol. The first kappa shape index (κ1) is 16.6. The van der Waals surface area contributed by atoms with Gasteiger partial charge in [-0.25, -0.2) is 0 Å². The molecule has 4 rings (SSSR count). The van der Waals surface area contributed by atoms with Gasteiger partial charge < -0.3 is 19.1 Å². The number of methoxy groups -OCH3 is 1. The number of ether oxygens (including phenoxy) is 1. The van der Waals surface area contributed by atoms with E-state index in [4.69, 9.17) is 20.9 Å². The van der Waals surface area contributed by atoms with Gasteiger partial charge in [0.25, 0.3) is 0 Å². The Kier molecular flexibility index (Phi) is 4.57. The zero-order chi connectivity index (χ0) is 17.9. The fraction of sp³-hybridized carbons (Fsp3) is 0.294. The van der Waals surface area contributed by atoms with Crippen molar-refractivity contribution < 1.29 is 9.26 Å². The number of aromatic nitrogens is 4. The van der Waals surface area contributed by atoms with E-state index >= 15 is 0 Å². The highest BCUT2D eigenvalue weighted by atomic mass is 35.5. The van der Waals surface area contributed by atoms with E-state index in [1.54, 1.807) is 19.5 Å². The highest BCUT2D eigenvalue weighted by molar-refractivity contribution is 6.30. The summed E-state index contributed by atoms with van der Waals surface area (Å²) in [7, 11) is 1.58. The Morgan fingerprint density at radius 3 is 2.65 bits per heavy atom. The number of hydrogen-bond donors (Lipinski definition) is 0. The van der Waals surface area contributed by atoms with Crippen LogP contribution in [0.25, 0.3) is 11.4 Å². The third-order valence-electron chi connectivity index (χ3n) is 4.18. The van der Waals surface area contributed by atoms with Gasteiger partial charge in [0.05, 0.1) is 19.5 Å². The number of anilines is 2. The topological polar surface area (TPSA) is 80.4 Å². The summed E-state index contributed by atoms with van der Waals surface area (Å²) in [6.45, 7) is 3.04. The van der Waals surface area contributed by atoms with Crippen molar-refractivity contribution in [1.82, 2.24) is 20.1 Å². The van der Waals surface area contributed by atoms with Crippen LogP contribution in [0.4, 0.5) is 11.8 Å². The van der Waals surface area contributed by atoms with Crippen LogP contribution in [0.5, 0.6) is 5.88 Å². The summed E-state index contributed by atoms with van der Waals surface area (Å²) in [5.74, 6) is 1.84. The lowest BCUT2D eigenvalue weighted by atomic mass is 10.2. The summed E-state index contributed by atoms with van der Waals surface area (Å²) in [4.78, 5) is 17.3. The third-order valence-corrected chi connectivity index (χ3v) is 4.42. The van der Waals surface area contributed by atoms with Crippen molar-refractivity contribution in [2.24, 2.45) is 0 Å². The second kappa shape index (κ2) is 7.17. The molecule has 0 aliphatic carbocycles. The van der Waals surface area contributed by atoms with Gasteiger partial charge in [0, 0.05) is 36.8 Å². The minimum Gasteiger partial charge on any atom is -0.480 e. The van der Waals surface area contributed by atoms with Crippen molar-refractivity contribution in [2.45, 2.75) is 0 Å². The molecule has 3 aromatic rings. The molecule has 0 N–H and O–H groups in total. The van der Waals surface area contributed by atoms with Gasteiger partial charge in [0.15, 0.2) is 5.82 Å². The Labute approximate surface area is 155 Å². The van der Waals surface area contributed by atoms with E-state index in [2.05, 4.69) is 29.9 Å². The van der Waals surface area contributed by atoms with Crippen molar-refractivity contribution in [3.8, 4) is 17.3 Å². The SMILES string of the molecule is COc1cncc(N2CCN(c3nc(-c4cccc(Cl)c4)no3)CC2)n1. The lowest BCUT2D eigenvalue weighted by molar-refractivity contribution is 0.394. The minimum absolute atomic E-state index is 0.507. The summed E-state index contributed by atoms with van der Waals surface area (Å²) in [6, 6.07) is 7.90. The van der Waals surface area contributed by atoms with Gasteiger partial charge in [-0.15, -0.1) is 0 Å². The standard InChI is InChI=1S/C17H17ClN6O2/c1-25-15-11-19-10-14(20-15)23-5-7-24(8-6-23)17-21-16(22-26-17)12-3-2-4-13(18)9-12/h2-4,9-11H,5-8H2,1H3. The Bertz CT molecular complexity index is 894. The van der Waals surface area contributed by atoms with Crippen LogP contribution in [0.1, 0.15) is 0 Å². The zero-order valence-electron chi connectivity index (χ0n) is 14.2. The predicted octanol–water partition coefficient (Wildman–Crippen LogP) is 2.52. The van der Waals surface area contributed by atoms with Crippen LogP contribution < -0.4 is 14.5 Å². The lowest BCUT2D eigenvalue weighted by Crippen LogP contribution is -2.47. The number of hydrogen-bond acceptors (Lipinski definition) is 8. The zero-order valence-corrected chi connectivity index (χ0v) is 14.9. The molecular formula is C17H17ClN6O2. The van der Waals surface area contributed by atoms with Crippen molar-refractivity contribution >= 4 is 23.4 Å². The van der Waals surface area contributed by atoms with Gasteiger partial charge in [-0.2, -0.15) is 9.97 Å². The van der Waals surface area contributed by atoms with Crippen molar-refractivity contribution in [2.75, 3.05) is 43.1 Å². The second-order valence-electron chi connectivity index (χ2n) is 5.80. The van der Waals surface area contributed by atoms with Gasteiger partial charge in [0.1, 0.15) is 0 Å². The molecule has 26 heavy (non-hydrogen) atoms. The Morgan fingerprint density at radius 2 is 1.88 bits per heavy atom. The molecule has 1 aromatic carbocycles. The smallest absolute Gasteiger partial charge is 0.324 e. The molecule has 0 saturated carbocycles. The van der Waals surface area contributed by atoms with E-state index in [-0.39, 0.29) is 0 Å². The largest absolute Gasteiger partial charge is 0.480 e. The maximum absolute atomic E-state index is 6.02. The first-order valence-corrected chi connectivity index (χ1v) is 8.56. The molecule has 1 saturated heterocycles. The van der Waals surface area contributed by atoms with Gasteiger partial charge >= 0.3 is 6.01 Å². The number of rotatable bonds is 4. The van der Waals surface area contributed by atoms with Crippen LogP contribution in [-0.2, 0) is 0 Å². The number of piperazine rings is 1. The van der Waals surface area contributed by atoms with Crippen LogP contribution in [-0.4, -0.2) is 53.4 Å². The van der Waals surface area contributed by atoms with Crippen LogP contribution in [0.15, 0.2) is 41.2 Å². The van der Waals surface area contributed by atoms with Crippen LogP contribution in [0.2, 0.25) is 5.02 Å². The third kappa shape index (κ3) is 3.41. The fourth-order valence-electron chi connectivity index (χ4n) is 2.80. The Balaban J connectivity index is 1.43. The van der Waals surface area contributed by atoms with Gasteiger partial charge in [-0.3, -0.25) is 4.98 Å². The average Bonchev–Trinajstić information content (AvgIpc) is 3.18. The first-order chi connectivity index (χ1) is 12.7. The molecule has 0 atom stereocenters. The van der Waals surface area contributed by atoms with Gasteiger partial charge in [-0.05, 0) is 12.1 Å². The molecule has 1 aliphatic rings. The predicted molar refractivity (Wildman–Crippen MR) is 97.8 cm³/mol. The lowest BCUT2D eigenvalue weighted by Gasteiger charge is -2.34. The van der Waals surface area contributed by atoms with Crippen LogP contribution in [0, 0.1) is 0 Å². The molecule has 0 amide bonds. The van der Waals surface area contributed by atoms with Crippen molar-refractivity contribution in [1.29, 1.82) is 0 Å². The van der Waals surface area contributed by atoms with E-state index in [9.17, 15) is 0 Å². The molecular weight excluding hydrogens is 356 g/mol. The van der Waals surface area contributed by atoms with E-state index in [0.717, 1.165) is 37.6 Å². The summed E-state index contributed by atoms with van der Waals surface area (Å²) >= 11 is 6.02. The number of halogens is 1. The van der Waals surface area contributed by atoms with Crippen molar-refractivity contribution in [3.63, 3.8) is 0 Å². The summed E-state index contributed by atoms with van der Waals surface area (Å²) in [5.41, 5.74) is 0.831. The van der Waals surface area contributed by atoms with E-state index in [0.29, 0.717) is 22.7 Å².